The van der Waals surface area contributed by atoms with Gasteiger partial charge in [-0.1, -0.05) is 97.1 Å². The zero-order valence-corrected chi connectivity index (χ0v) is 36.2. The van der Waals surface area contributed by atoms with Crippen LogP contribution in [-0.2, 0) is 12.8 Å². The molecule has 0 unspecified atom stereocenters. The van der Waals surface area contributed by atoms with Crippen LogP contribution in [0.4, 0.5) is 0 Å². The van der Waals surface area contributed by atoms with Gasteiger partial charge in [0.1, 0.15) is 22.6 Å². The Bertz CT molecular complexity index is 2470. The Morgan fingerprint density at radius 3 is 0.719 bits per heavy atom. The molecule has 0 saturated heterocycles. The van der Waals surface area contributed by atoms with Crippen LogP contribution in [0.15, 0.2) is 97.1 Å². The Labute approximate surface area is 338 Å². The molecule has 5 heterocycles. The fourth-order valence-electron chi connectivity index (χ4n) is 9.66. The number of benzene rings is 4. The summed E-state index contributed by atoms with van der Waals surface area (Å²) in [4.78, 5) is 36.8. The van der Waals surface area contributed by atoms with Gasteiger partial charge in [-0.2, -0.15) is 0 Å². The van der Waals surface area contributed by atoms with E-state index in [1.807, 2.05) is 97.1 Å². The number of nitrogens with zero attached hydrogens (tertiary/aromatic N) is 6. The summed E-state index contributed by atoms with van der Waals surface area (Å²) < 4.78 is 1.38. The summed E-state index contributed by atoms with van der Waals surface area (Å²) in [7, 11) is 0. The number of aromatic amines is 2. The second kappa shape index (κ2) is 13.4. The quantitative estimate of drug-likeness (QED) is 0.148. The Morgan fingerprint density at radius 2 is 0.526 bits per heavy atom. The largest absolute Gasteiger partial charge is 0.324 e. The molecular weight excluding hydrogens is 752 g/mol. The first-order chi connectivity index (χ1) is 26.8. The maximum absolute atomic E-state index is 5.02. The second-order valence-electron chi connectivity index (χ2n) is 18.1. The molecule has 8 nitrogen and oxygen atoms in total. The molecule has 4 aromatic carbocycles. The predicted molar refractivity (Wildman–Crippen MR) is 235 cm³/mol. The van der Waals surface area contributed by atoms with Crippen LogP contribution in [-0.4, -0.2) is 39.9 Å². The number of hydrogen-bond donors (Lipinski definition) is 2. The van der Waals surface area contributed by atoms with E-state index in [0.29, 0.717) is 63.1 Å². The van der Waals surface area contributed by atoms with Crippen LogP contribution in [0, 0.1) is 0 Å². The number of hydrogen-bond acceptors (Lipinski definition) is 6. The summed E-state index contributed by atoms with van der Waals surface area (Å²) in [6, 6.07) is 32.2. The van der Waals surface area contributed by atoms with Gasteiger partial charge in [0.15, 0.2) is 23.3 Å². The first kappa shape index (κ1) is 38.6. The monoisotopic (exact) mass is 805 g/mol. The topological polar surface area (TPSA) is 109 Å². The van der Waals surface area contributed by atoms with Gasteiger partial charge in [-0.25, -0.2) is 29.9 Å². The van der Waals surface area contributed by atoms with E-state index in [1.165, 1.54) is 0 Å². The number of rotatable bonds is 0. The van der Waals surface area contributed by atoms with Crippen molar-refractivity contribution in [2.45, 2.75) is 100 Å². The third-order valence-corrected chi connectivity index (χ3v) is 18.6. The molecular formula is C48H54CuN8. The summed E-state index contributed by atoms with van der Waals surface area (Å²) in [6.45, 7) is 29.4. The van der Waals surface area contributed by atoms with Crippen molar-refractivity contribution in [3.8, 4) is 45.6 Å². The molecule has 0 aliphatic carbocycles. The third kappa shape index (κ3) is 6.27. The van der Waals surface area contributed by atoms with E-state index in [-0.39, 0.29) is 0 Å². The first-order valence-electron chi connectivity index (χ1n) is 19.6. The van der Waals surface area contributed by atoms with Crippen LogP contribution in [0.3, 0.4) is 0 Å². The molecule has 57 heavy (non-hydrogen) atoms. The summed E-state index contributed by atoms with van der Waals surface area (Å²) in [5.74, 6) is 2.39. The average molecular weight is 807 g/mol. The standard InChI is InChI=1S/C32H18N8.4C4H9.Cu/c1-2-10-18-17(9-1)25-33-26(18)38-28-21-13-5-6-14-22(21)30(35-28)40-32-24-16-8-7-15-23(24)31(36-32)39-29-20-12-4-3-11-19(20)27(34-29)37-25;4*1-4(2)3;/h1-16H,(H2,33,34,35,36,37,38,39,40);4*1-3H3;. The zero-order chi connectivity index (χ0) is 40.7. The molecule has 0 spiro atoms. The normalized spacial score (nSPS) is 13.5. The summed E-state index contributed by atoms with van der Waals surface area (Å²) in [5, 5.41) is 3.82. The molecule has 2 aliphatic heterocycles. The number of aromatic nitrogens is 8. The van der Waals surface area contributed by atoms with E-state index in [0.717, 1.165) is 43.8 Å². The van der Waals surface area contributed by atoms with Gasteiger partial charge in [0.25, 0.3) is 0 Å². The van der Waals surface area contributed by atoms with Gasteiger partial charge in [0.05, 0.1) is 0 Å². The van der Waals surface area contributed by atoms with E-state index in [1.54, 1.807) is 0 Å². The Balaban J connectivity index is 0.000000229. The average Bonchev–Trinajstić information content (AvgIpc) is 3.85. The minimum absolute atomic E-state index is 0.344. The first-order valence-corrected chi connectivity index (χ1v) is 21.5. The molecule has 297 valence electrons. The van der Waals surface area contributed by atoms with Crippen LogP contribution in [0.2, 0.25) is 17.3 Å². The molecule has 9 rings (SSSR count). The van der Waals surface area contributed by atoms with Crippen LogP contribution in [0.1, 0.15) is 83.1 Å². The van der Waals surface area contributed by atoms with E-state index in [4.69, 9.17) is 29.9 Å². The van der Waals surface area contributed by atoms with Gasteiger partial charge in [0, 0.05) is 43.8 Å². The number of H-pyrrole nitrogens is 2. The van der Waals surface area contributed by atoms with E-state index in [9.17, 15) is 0 Å². The molecule has 2 N–H and O–H groups in total. The SMILES string of the molecule is C[C](C)(C)[Cu]([C](C)(C)C)([C](C)(C)C)[C](C)(C)C.c1ccc2c(c1)-c1nc-2nc2[nH]c(nc3nc(nc4[nH]c(n1)c1ccccc41)-c1ccccc1-3)c1ccccc21. The van der Waals surface area contributed by atoms with Crippen molar-refractivity contribution >= 4 is 44.1 Å². The predicted octanol–water partition coefficient (Wildman–Crippen LogP) is 13.9. The summed E-state index contributed by atoms with van der Waals surface area (Å²) in [5.41, 5.74) is 6.45. The van der Waals surface area contributed by atoms with Crippen molar-refractivity contribution in [3.05, 3.63) is 97.1 Å². The van der Waals surface area contributed by atoms with Crippen LogP contribution in [0.25, 0.3) is 89.7 Å². The van der Waals surface area contributed by atoms with Crippen molar-refractivity contribution in [2.24, 2.45) is 0 Å². The minimum Gasteiger partial charge on any atom is -0.324 e. The molecule has 0 fully saturated rings. The minimum atomic E-state index is -0.792. The zero-order valence-electron chi connectivity index (χ0n) is 35.2. The summed E-state index contributed by atoms with van der Waals surface area (Å²) in [6.07, 6.45) is 0. The Kier molecular flexibility index (Phi) is 9.10. The van der Waals surface area contributed by atoms with E-state index < -0.39 is 12.8 Å². The number of fused-ring (bicyclic) bond motifs is 20. The van der Waals surface area contributed by atoms with Crippen molar-refractivity contribution in [3.63, 3.8) is 0 Å². The molecule has 7 aromatic rings. The van der Waals surface area contributed by atoms with Gasteiger partial charge < -0.3 is 9.97 Å². The third-order valence-electron chi connectivity index (χ3n) is 10.2. The molecule has 0 amide bonds. The van der Waals surface area contributed by atoms with E-state index in [2.05, 4.69) is 93.1 Å². The smallest absolute Gasteiger partial charge is 0.164 e. The van der Waals surface area contributed by atoms with Crippen LogP contribution < -0.4 is 0 Å². The van der Waals surface area contributed by atoms with Gasteiger partial charge in [-0.3, -0.25) is 0 Å². The molecule has 0 saturated carbocycles. The fourth-order valence-corrected chi connectivity index (χ4v) is 22.4. The molecule has 2 aliphatic rings. The molecule has 8 bridgehead atoms. The van der Waals surface area contributed by atoms with Crippen LogP contribution >= 0.6 is 0 Å². The van der Waals surface area contributed by atoms with Gasteiger partial charge in [0.2, 0.25) is 0 Å². The summed E-state index contributed by atoms with van der Waals surface area (Å²) >= 11 is -0.792. The van der Waals surface area contributed by atoms with Gasteiger partial charge >= 0.3 is 113 Å². The van der Waals surface area contributed by atoms with Gasteiger partial charge in [-0.15, -0.1) is 0 Å². The van der Waals surface area contributed by atoms with Gasteiger partial charge in [-0.05, 0) is 0 Å². The maximum Gasteiger partial charge on any atom is 0.164 e. The fraction of sp³-hybridized carbons (Fsp3) is 0.333. The second-order valence-corrected chi connectivity index (χ2v) is 25.1. The number of nitrogens with one attached hydrogen (secondary N) is 2. The molecule has 0 atom stereocenters. The Hall–Kier alpha value is -5.24. The van der Waals surface area contributed by atoms with E-state index >= 15 is 0 Å². The van der Waals surface area contributed by atoms with Crippen molar-refractivity contribution in [2.75, 3.05) is 0 Å². The van der Waals surface area contributed by atoms with Crippen molar-refractivity contribution < 1.29 is 12.8 Å². The Morgan fingerprint density at radius 1 is 0.316 bits per heavy atom. The molecule has 3 aromatic heterocycles. The molecule has 9 heteroatoms. The maximum atomic E-state index is 5.02. The van der Waals surface area contributed by atoms with Crippen LogP contribution in [0.5, 0.6) is 0 Å². The van der Waals surface area contributed by atoms with Crippen molar-refractivity contribution in [1.82, 2.24) is 39.9 Å². The van der Waals surface area contributed by atoms with Crippen molar-refractivity contribution in [1.29, 1.82) is 0 Å². The molecule has 0 radical (unpaired) electrons.